The van der Waals surface area contributed by atoms with E-state index >= 15 is 0 Å². The first-order valence-corrected chi connectivity index (χ1v) is 34.4. The summed E-state index contributed by atoms with van der Waals surface area (Å²) in [5, 5.41) is 14.1. The van der Waals surface area contributed by atoms with Crippen LogP contribution >= 0.6 is 0 Å². The van der Waals surface area contributed by atoms with Crippen LogP contribution in [0.3, 0.4) is 0 Å². The zero-order valence-corrected chi connectivity index (χ0v) is 54.5. The summed E-state index contributed by atoms with van der Waals surface area (Å²) in [4.78, 5) is 0. The molecule has 0 aliphatic carbocycles. The average molecular weight is 1290 g/mol. The van der Waals surface area contributed by atoms with Gasteiger partial charge in [0.1, 0.15) is 22.3 Å². The predicted molar refractivity (Wildman–Crippen MR) is 419 cm³/mol. The predicted octanol–water partition coefficient (Wildman–Crippen LogP) is 25.8. The van der Waals surface area contributed by atoms with Crippen molar-refractivity contribution in [3.05, 3.63) is 352 Å². The number of para-hydroxylation sites is 8. The van der Waals surface area contributed by atoms with Crippen LogP contribution in [-0.4, -0.2) is 18.3 Å². The number of hydrogen-bond donors (Lipinski definition) is 0. The van der Waals surface area contributed by atoms with E-state index in [9.17, 15) is 0 Å². The molecule has 0 saturated heterocycles. The Morgan fingerprint density at radius 3 is 0.911 bits per heavy atom. The molecule has 0 fully saturated rings. The average Bonchev–Trinajstić information content (AvgIpc) is 1.58. The molecule has 0 unspecified atom stereocenters. The maximum absolute atomic E-state index is 6.53. The van der Waals surface area contributed by atoms with E-state index in [2.05, 4.69) is 340 Å². The fourth-order valence-electron chi connectivity index (χ4n) is 16.0. The molecule has 15 aromatic carbocycles. The minimum atomic E-state index is 0.862. The van der Waals surface area contributed by atoms with E-state index in [1.54, 1.807) is 0 Å². The highest BCUT2D eigenvalue weighted by Crippen LogP contribution is 2.45. The van der Waals surface area contributed by atoms with Crippen molar-refractivity contribution >= 4 is 131 Å². The van der Waals surface area contributed by atoms with Crippen LogP contribution in [-0.2, 0) is 0 Å². The lowest BCUT2D eigenvalue weighted by atomic mass is 9.98. The van der Waals surface area contributed by atoms with Crippen LogP contribution in [0.15, 0.2) is 365 Å². The number of nitrogens with zero attached hydrogens (tertiary/aromatic N) is 4. The van der Waals surface area contributed by atoms with E-state index in [1.807, 2.05) is 30.3 Å². The molecular weight excluding hydrogens is 1230 g/mol. The van der Waals surface area contributed by atoms with Gasteiger partial charge in [-0.15, -0.1) is 0 Å². The molecular formula is C94H58N4O3. The van der Waals surface area contributed by atoms with Crippen molar-refractivity contribution in [2.45, 2.75) is 0 Å². The summed E-state index contributed by atoms with van der Waals surface area (Å²) in [6.45, 7) is 0. The van der Waals surface area contributed by atoms with Gasteiger partial charge < -0.3 is 22.4 Å². The maximum atomic E-state index is 6.53. The van der Waals surface area contributed by atoms with Crippen molar-refractivity contribution in [3.8, 4) is 67.3 Å². The first kappa shape index (κ1) is 56.5. The largest absolute Gasteiger partial charge is 0.456 e. The summed E-state index contributed by atoms with van der Waals surface area (Å²) in [6, 6.07) is 125. The third kappa shape index (κ3) is 8.93. The summed E-state index contributed by atoms with van der Waals surface area (Å²) in [6.07, 6.45) is 0. The topological polar surface area (TPSA) is 59.1 Å². The molecule has 7 heteroatoms. The smallest absolute Gasteiger partial charge is 0.213 e. The summed E-state index contributed by atoms with van der Waals surface area (Å²) >= 11 is 0. The Bertz CT molecular complexity index is 7040. The second kappa shape index (κ2) is 22.5. The second-order valence-electron chi connectivity index (χ2n) is 26.3. The van der Waals surface area contributed by atoms with Crippen LogP contribution in [0.5, 0.6) is 0 Å². The van der Waals surface area contributed by atoms with Crippen molar-refractivity contribution in [2.24, 2.45) is 0 Å². The Kier molecular flexibility index (Phi) is 12.6. The molecule has 22 aromatic rings. The molecule has 101 heavy (non-hydrogen) atoms. The quantitative estimate of drug-likeness (QED) is 0.152. The van der Waals surface area contributed by atoms with Crippen LogP contribution in [0.25, 0.3) is 199 Å². The Balaban J connectivity index is 0.000000133. The molecule has 22 rings (SSSR count). The number of hydrogen-bond acceptors (Lipinski definition) is 3. The molecule has 7 aromatic heterocycles. The molecule has 0 N–H and O–H groups in total. The van der Waals surface area contributed by atoms with Gasteiger partial charge in [-0.05, 0) is 184 Å². The molecule has 0 radical (unpaired) electrons. The minimum Gasteiger partial charge on any atom is -0.456 e. The van der Waals surface area contributed by atoms with Crippen LogP contribution in [0.2, 0.25) is 0 Å². The lowest BCUT2D eigenvalue weighted by molar-refractivity contribution is 0.645. The molecule has 0 bridgehead atoms. The van der Waals surface area contributed by atoms with Gasteiger partial charge in [-0.3, -0.25) is 9.13 Å². The molecule has 7 nitrogen and oxygen atoms in total. The van der Waals surface area contributed by atoms with Crippen molar-refractivity contribution in [1.82, 2.24) is 18.3 Å². The number of fused-ring (bicyclic) bond motifs is 19. The highest BCUT2D eigenvalue weighted by molar-refractivity contribution is 6.22. The highest BCUT2D eigenvalue weighted by Gasteiger charge is 2.24. The Hall–Kier alpha value is -13.6. The Labute approximate surface area is 578 Å². The molecule has 472 valence electrons. The van der Waals surface area contributed by atoms with E-state index in [0.29, 0.717) is 0 Å². The summed E-state index contributed by atoms with van der Waals surface area (Å²) in [7, 11) is 0. The molecule has 0 spiro atoms. The molecule has 0 aliphatic rings. The van der Waals surface area contributed by atoms with Gasteiger partial charge in [0, 0.05) is 76.6 Å². The molecule has 0 atom stereocenters. The van der Waals surface area contributed by atoms with E-state index in [1.165, 1.54) is 87.9 Å². The SMILES string of the molecule is c1ccc(-n2c3ccccc3c3cc(-c4ccc5oc6ccc(-c7ccc8c(c7)c7c9ccccc9oc7n8-c7ccccc7)cc6c5c4)ccc32)cc1.c1ccc(-n2c3ccccc3c3ccc(-c4ccc(-c5ccc6c(c5)c5c7ccccc7oc5n6-c5ccccc5)cc4)cc32)cc1. The fourth-order valence-corrected chi connectivity index (χ4v) is 16.0. The van der Waals surface area contributed by atoms with E-state index in [4.69, 9.17) is 13.3 Å². The van der Waals surface area contributed by atoms with E-state index < -0.39 is 0 Å². The van der Waals surface area contributed by atoms with E-state index in [-0.39, 0.29) is 0 Å². The Morgan fingerprint density at radius 2 is 0.446 bits per heavy atom. The Morgan fingerprint density at radius 1 is 0.158 bits per heavy atom. The van der Waals surface area contributed by atoms with Gasteiger partial charge in [-0.2, -0.15) is 0 Å². The van der Waals surface area contributed by atoms with Crippen molar-refractivity contribution in [3.63, 3.8) is 0 Å². The van der Waals surface area contributed by atoms with Gasteiger partial charge in [0.05, 0.1) is 43.9 Å². The van der Waals surface area contributed by atoms with Gasteiger partial charge in [0.2, 0.25) is 11.4 Å². The molecule has 0 aliphatic heterocycles. The van der Waals surface area contributed by atoms with Crippen molar-refractivity contribution in [2.75, 3.05) is 0 Å². The summed E-state index contributed by atoms with van der Waals surface area (Å²) in [5.41, 5.74) is 26.3. The summed E-state index contributed by atoms with van der Waals surface area (Å²) in [5.74, 6) is 0. The van der Waals surface area contributed by atoms with Crippen LogP contribution in [0, 0.1) is 0 Å². The lowest BCUT2D eigenvalue weighted by Crippen LogP contribution is -1.93. The molecule has 0 amide bonds. The van der Waals surface area contributed by atoms with Gasteiger partial charge in [0.25, 0.3) is 0 Å². The van der Waals surface area contributed by atoms with Crippen LogP contribution in [0.1, 0.15) is 0 Å². The monoisotopic (exact) mass is 1290 g/mol. The standard InChI is InChI=1S/C50H30N2O2.C44H28N2O/c1-3-11-35(12-4-1)51-43-17-9-7-15-37(43)39-27-31(19-23-44(39)51)33-21-25-47-40(28-33)41-29-34(22-26-48(41)53-47)32-20-24-45-42(30-32)49-38-16-8-10-18-46(38)54-50(49)52(45)36-13-5-2-6-14-36;1-3-11-33(12-4-1)45-39-17-9-7-15-35(39)36-25-23-32(28-41(36)45)30-21-19-29(20-22-30)31-24-26-40-38(27-31)43-37-16-8-10-18-42(37)47-44(43)46(40)34-13-5-2-6-14-34/h1-30H;1-28H. The first-order chi connectivity index (χ1) is 50.1. The van der Waals surface area contributed by atoms with Crippen LogP contribution < -0.4 is 0 Å². The normalized spacial score (nSPS) is 12.0. The first-order valence-electron chi connectivity index (χ1n) is 34.4. The number of aromatic nitrogens is 4. The van der Waals surface area contributed by atoms with Crippen molar-refractivity contribution in [1.29, 1.82) is 0 Å². The zero-order valence-electron chi connectivity index (χ0n) is 54.5. The molecule has 0 saturated carbocycles. The highest BCUT2D eigenvalue weighted by atomic mass is 16.3. The lowest BCUT2D eigenvalue weighted by Gasteiger charge is -2.10. The van der Waals surface area contributed by atoms with Crippen LogP contribution in [0.4, 0.5) is 0 Å². The van der Waals surface area contributed by atoms with E-state index in [0.717, 1.165) is 111 Å². The zero-order chi connectivity index (χ0) is 66.2. The van der Waals surface area contributed by atoms with Gasteiger partial charge in [-0.1, -0.05) is 212 Å². The van der Waals surface area contributed by atoms with Gasteiger partial charge in [-0.25, -0.2) is 0 Å². The van der Waals surface area contributed by atoms with Gasteiger partial charge >= 0.3 is 0 Å². The number of furan rings is 3. The number of benzene rings is 15. The third-order valence-corrected chi connectivity index (χ3v) is 20.7. The fraction of sp³-hybridized carbons (Fsp3) is 0. The maximum Gasteiger partial charge on any atom is 0.213 e. The van der Waals surface area contributed by atoms with Crippen molar-refractivity contribution < 1.29 is 13.3 Å². The van der Waals surface area contributed by atoms with Gasteiger partial charge in [0.15, 0.2) is 0 Å². The molecule has 7 heterocycles. The summed E-state index contributed by atoms with van der Waals surface area (Å²) < 4.78 is 28.6. The second-order valence-corrected chi connectivity index (χ2v) is 26.3. The third-order valence-electron chi connectivity index (χ3n) is 20.7. The minimum absolute atomic E-state index is 0.862. The number of rotatable bonds is 8.